The highest BCUT2D eigenvalue weighted by molar-refractivity contribution is 8.02. The van der Waals surface area contributed by atoms with Crippen LogP contribution in [0.15, 0.2) is 24.3 Å². The molecular weight excluding hydrogens is 454 g/mol. The Morgan fingerprint density at radius 3 is 2.50 bits per heavy atom. The molecule has 3 saturated heterocycles. The normalized spacial score (nSPS) is 32.6. The van der Waals surface area contributed by atoms with E-state index < -0.39 is 28.7 Å². The van der Waals surface area contributed by atoms with Gasteiger partial charge in [0, 0.05) is 17.0 Å². The van der Waals surface area contributed by atoms with Crippen LogP contribution in [-0.2, 0) is 14.4 Å². The van der Waals surface area contributed by atoms with E-state index in [9.17, 15) is 19.5 Å². The fraction of sp³-hybridized carbons (Fsp3) is 0.640. The quantitative estimate of drug-likeness (QED) is 0.517. The predicted molar refractivity (Wildman–Crippen MR) is 132 cm³/mol. The summed E-state index contributed by atoms with van der Waals surface area (Å²) in [6.07, 6.45) is 0.766. The van der Waals surface area contributed by atoms with Crippen molar-refractivity contribution in [3.8, 4) is 5.75 Å². The first-order chi connectivity index (χ1) is 16.1. The molecule has 3 unspecified atom stereocenters. The zero-order valence-electron chi connectivity index (χ0n) is 20.4. The lowest BCUT2D eigenvalue weighted by Crippen LogP contribution is -2.58. The molecule has 1 aromatic carbocycles. The number of amides is 3. The standard InChI is InChI=1S/C25H35N3O5S/c1-6-33-17-9-7-16(8-10-17)27-22(30)19-18-11-14(4)25(34-18)20(19)24(32)28(15(5)12-29)21(25)23(31)26-13(2)3/h7-10,13-15,18-21,29H,6,11-12H2,1-5H3,(H,26,31)(H,27,30)/t14?,15-,18-,19+,20+,21?,25?/m1/s1. The number of fused-ring (bicyclic) bond motifs is 1. The summed E-state index contributed by atoms with van der Waals surface area (Å²) >= 11 is 1.63. The molecule has 186 valence electrons. The van der Waals surface area contributed by atoms with Crippen molar-refractivity contribution in [2.24, 2.45) is 17.8 Å². The van der Waals surface area contributed by atoms with Crippen molar-refractivity contribution in [3.63, 3.8) is 0 Å². The second-order valence-electron chi connectivity index (χ2n) is 9.94. The molecule has 0 saturated carbocycles. The van der Waals surface area contributed by atoms with Crippen LogP contribution in [0, 0.1) is 17.8 Å². The monoisotopic (exact) mass is 489 g/mol. The van der Waals surface area contributed by atoms with Crippen LogP contribution >= 0.6 is 11.8 Å². The van der Waals surface area contributed by atoms with Crippen LogP contribution in [0.1, 0.15) is 41.0 Å². The molecule has 3 amide bonds. The van der Waals surface area contributed by atoms with E-state index in [2.05, 4.69) is 17.6 Å². The van der Waals surface area contributed by atoms with Crippen molar-refractivity contribution in [1.82, 2.24) is 10.2 Å². The summed E-state index contributed by atoms with van der Waals surface area (Å²) in [7, 11) is 0. The molecule has 3 aliphatic rings. The van der Waals surface area contributed by atoms with E-state index in [1.54, 1.807) is 47.9 Å². The highest BCUT2D eigenvalue weighted by Gasteiger charge is 2.76. The van der Waals surface area contributed by atoms with E-state index in [0.717, 1.165) is 12.2 Å². The van der Waals surface area contributed by atoms with Gasteiger partial charge in [0.2, 0.25) is 17.7 Å². The molecule has 0 radical (unpaired) electrons. The fourth-order valence-electron chi connectivity index (χ4n) is 6.01. The number of likely N-dealkylation sites (tertiary alicyclic amines) is 1. The maximum atomic E-state index is 13.8. The van der Waals surface area contributed by atoms with Gasteiger partial charge in [0.1, 0.15) is 11.8 Å². The molecule has 7 atom stereocenters. The number of hydrogen-bond donors (Lipinski definition) is 3. The summed E-state index contributed by atoms with van der Waals surface area (Å²) < 4.78 is 4.78. The number of carbonyl (C=O) groups is 3. The SMILES string of the molecule is CCOc1ccc(NC(=O)[C@@H]2[C@H]3C(=O)N([C@H](C)CO)C(C(=O)NC(C)C)C34S[C@@H]2CC4C)cc1. The van der Waals surface area contributed by atoms with Gasteiger partial charge in [-0.05, 0) is 64.3 Å². The summed E-state index contributed by atoms with van der Waals surface area (Å²) in [6.45, 7) is 9.83. The highest BCUT2D eigenvalue weighted by atomic mass is 32.2. The molecule has 8 nitrogen and oxygen atoms in total. The average Bonchev–Trinajstić information content (AvgIpc) is 3.38. The van der Waals surface area contributed by atoms with Crippen molar-refractivity contribution in [3.05, 3.63) is 24.3 Å². The largest absolute Gasteiger partial charge is 0.494 e. The molecule has 1 spiro atoms. The van der Waals surface area contributed by atoms with E-state index in [1.807, 2.05) is 20.8 Å². The lowest BCUT2D eigenvalue weighted by atomic mass is 9.66. The highest BCUT2D eigenvalue weighted by Crippen LogP contribution is 2.68. The minimum absolute atomic E-state index is 0.0346. The summed E-state index contributed by atoms with van der Waals surface area (Å²) in [6, 6.07) is 5.86. The summed E-state index contributed by atoms with van der Waals surface area (Å²) in [5, 5.41) is 15.8. The first kappa shape index (κ1) is 24.9. The van der Waals surface area contributed by atoms with Crippen LogP contribution in [0.4, 0.5) is 5.69 Å². The Hall–Kier alpha value is -2.26. The summed E-state index contributed by atoms with van der Waals surface area (Å²) in [5.41, 5.74) is 0.642. The Balaban J connectivity index is 1.66. The molecule has 4 rings (SSSR count). The number of nitrogens with zero attached hydrogens (tertiary/aromatic N) is 1. The van der Waals surface area contributed by atoms with Gasteiger partial charge in [0.05, 0.1) is 35.8 Å². The fourth-order valence-corrected chi connectivity index (χ4v) is 8.42. The van der Waals surface area contributed by atoms with Gasteiger partial charge in [-0.15, -0.1) is 11.8 Å². The van der Waals surface area contributed by atoms with Crippen molar-refractivity contribution < 1.29 is 24.2 Å². The molecular formula is C25H35N3O5S. The number of hydrogen-bond acceptors (Lipinski definition) is 6. The minimum atomic E-state index is -0.720. The molecule has 3 heterocycles. The lowest BCUT2D eigenvalue weighted by molar-refractivity contribution is -0.141. The van der Waals surface area contributed by atoms with E-state index in [-0.39, 0.29) is 41.5 Å². The molecule has 3 N–H and O–H groups in total. The first-order valence-electron chi connectivity index (χ1n) is 12.1. The number of rotatable bonds is 8. The van der Waals surface area contributed by atoms with Crippen molar-refractivity contribution >= 4 is 35.2 Å². The molecule has 3 fully saturated rings. The molecule has 3 aliphatic heterocycles. The maximum absolute atomic E-state index is 13.8. The Bertz CT molecular complexity index is 954. The molecule has 2 bridgehead atoms. The van der Waals surface area contributed by atoms with Gasteiger partial charge in [-0.2, -0.15) is 0 Å². The Kier molecular flexibility index (Phi) is 6.88. The smallest absolute Gasteiger partial charge is 0.244 e. The molecule has 9 heteroatoms. The Labute approximate surface area is 205 Å². The third-order valence-electron chi connectivity index (χ3n) is 7.34. The van der Waals surface area contributed by atoms with Crippen molar-refractivity contribution in [2.45, 2.75) is 69.2 Å². The minimum Gasteiger partial charge on any atom is -0.494 e. The third kappa shape index (κ3) is 3.86. The van der Waals surface area contributed by atoms with Gasteiger partial charge in [0.15, 0.2) is 0 Å². The number of thioether (sulfide) groups is 1. The van der Waals surface area contributed by atoms with E-state index >= 15 is 0 Å². The van der Waals surface area contributed by atoms with E-state index in [4.69, 9.17) is 4.74 Å². The summed E-state index contributed by atoms with van der Waals surface area (Å²) in [5.74, 6) is -0.948. The van der Waals surface area contributed by atoms with Crippen LogP contribution in [0.25, 0.3) is 0 Å². The average molecular weight is 490 g/mol. The zero-order chi connectivity index (χ0) is 24.8. The zero-order valence-corrected chi connectivity index (χ0v) is 21.2. The second kappa shape index (κ2) is 9.41. The first-order valence-corrected chi connectivity index (χ1v) is 13.0. The maximum Gasteiger partial charge on any atom is 0.244 e. The number of aliphatic hydroxyl groups is 1. The van der Waals surface area contributed by atoms with Gasteiger partial charge in [-0.3, -0.25) is 14.4 Å². The Morgan fingerprint density at radius 1 is 1.24 bits per heavy atom. The van der Waals surface area contributed by atoms with Crippen LogP contribution in [0.2, 0.25) is 0 Å². The molecule has 0 aliphatic carbocycles. The van der Waals surface area contributed by atoms with Crippen molar-refractivity contribution in [2.75, 3.05) is 18.5 Å². The van der Waals surface area contributed by atoms with E-state index in [0.29, 0.717) is 12.3 Å². The van der Waals surface area contributed by atoms with Gasteiger partial charge >= 0.3 is 0 Å². The summed E-state index contributed by atoms with van der Waals surface area (Å²) in [4.78, 5) is 42.3. The lowest BCUT2D eigenvalue weighted by Gasteiger charge is -2.39. The van der Waals surface area contributed by atoms with Gasteiger partial charge in [-0.25, -0.2) is 0 Å². The van der Waals surface area contributed by atoms with Gasteiger partial charge in [0.25, 0.3) is 0 Å². The molecule has 1 aromatic rings. The third-order valence-corrected chi connectivity index (χ3v) is 9.41. The Morgan fingerprint density at radius 2 is 1.91 bits per heavy atom. The molecule has 0 aromatic heterocycles. The topological polar surface area (TPSA) is 108 Å². The van der Waals surface area contributed by atoms with Crippen LogP contribution < -0.4 is 15.4 Å². The van der Waals surface area contributed by atoms with Crippen molar-refractivity contribution in [1.29, 1.82) is 0 Å². The van der Waals surface area contributed by atoms with Crippen LogP contribution in [0.5, 0.6) is 5.75 Å². The number of benzene rings is 1. The number of carbonyl (C=O) groups excluding carboxylic acids is 3. The number of ether oxygens (including phenoxy) is 1. The number of nitrogens with one attached hydrogen (secondary N) is 2. The van der Waals surface area contributed by atoms with E-state index in [1.165, 1.54) is 0 Å². The van der Waals surface area contributed by atoms with Crippen LogP contribution in [-0.4, -0.2) is 69.1 Å². The van der Waals surface area contributed by atoms with Crippen LogP contribution in [0.3, 0.4) is 0 Å². The number of anilines is 1. The van der Waals surface area contributed by atoms with Gasteiger partial charge < -0.3 is 25.4 Å². The van der Waals surface area contributed by atoms with Gasteiger partial charge in [-0.1, -0.05) is 6.92 Å². The molecule has 34 heavy (non-hydrogen) atoms. The second-order valence-corrected chi connectivity index (χ2v) is 11.5. The predicted octanol–water partition coefficient (Wildman–Crippen LogP) is 2.27. The number of aliphatic hydroxyl groups excluding tert-OH is 1.